The van der Waals surface area contributed by atoms with Crippen molar-refractivity contribution >= 4 is 23.1 Å². The van der Waals surface area contributed by atoms with Crippen molar-refractivity contribution in [1.82, 2.24) is 0 Å². The molecule has 1 aliphatic rings. The van der Waals surface area contributed by atoms with Crippen molar-refractivity contribution in [1.29, 1.82) is 5.26 Å². The van der Waals surface area contributed by atoms with Crippen LogP contribution < -0.4 is 9.80 Å². The van der Waals surface area contributed by atoms with Crippen molar-refractivity contribution in [2.75, 3.05) is 9.80 Å². The highest BCUT2D eigenvalue weighted by molar-refractivity contribution is 6.09. The number of urea groups is 1. The highest BCUT2D eigenvalue weighted by Gasteiger charge is 2.65. The highest BCUT2D eigenvalue weighted by atomic mass is 16.3. The van der Waals surface area contributed by atoms with Gasteiger partial charge in [0.05, 0.1) is 23.7 Å². The van der Waals surface area contributed by atoms with Crippen LogP contribution in [-0.2, 0) is 5.72 Å². The van der Waals surface area contributed by atoms with E-state index in [1.165, 1.54) is 4.90 Å². The Balaban J connectivity index is 2.00. The van der Waals surface area contributed by atoms with Crippen molar-refractivity contribution in [2.24, 2.45) is 0 Å². The van der Waals surface area contributed by atoms with E-state index >= 15 is 0 Å². The molecule has 0 radical (unpaired) electrons. The molecule has 0 aliphatic carbocycles. The van der Waals surface area contributed by atoms with Gasteiger partial charge in [-0.15, -0.1) is 0 Å². The van der Waals surface area contributed by atoms with Crippen LogP contribution in [-0.4, -0.2) is 16.7 Å². The van der Waals surface area contributed by atoms with Crippen LogP contribution in [0.5, 0.6) is 0 Å². The molecule has 3 aromatic carbocycles. The molecule has 0 bridgehead atoms. The fourth-order valence-electron chi connectivity index (χ4n) is 4.98. The minimum absolute atomic E-state index is 0.375. The first-order valence-electron chi connectivity index (χ1n) is 11.2. The lowest BCUT2D eigenvalue weighted by Crippen LogP contribution is -2.58. The minimum Gasteiger partial charge on any atom is -0.364 e. The predicted molar refractivity (Wildman–Crippen MR) is 133 cm³/mol. The zero-order chi connectivity index (χ0) is 24.5. The Kier molecular flexibility index (Phi) is 5.87. The Morgan fingerprint density at radius 3 is 2.21 bits per heavy atom. The van der Waals surface area contributed by atoms with Gasteiger partial charge in [0.15, 0.2) is 11.4 Å². The Morgan fingerprint density at radius 1 is 1.03 bits per heavy atom. The maximum atomic E-state index is 14.1. The second kappa shape index (κ2) is 8.67. The number of carbonyl (C=O) groups is 1. The molecule has 34 heavy (non-hydrogen) atoms. The first-order valence-corrected chi connectivity index (χ1v) is 11.2. The van der Waals surface area contributed by atoms with Gasteiger partial charge in [0.25, 0.3) is 0 Å². The summed E-state index contributed by atoms with van der Waals surface area (Å²) in [5.74, 6) is 0. The molecular weight excluding hydrogens is 424 g/mol. The number of amides is 2. The summed E-state index contributed by atoms with van der Waals surface area (Å²) in [6.07, 6.45) is 1.26. The zero-order valence-electron chi connectivity index (χ0n) is 19.5. The van der Waals surface area contributed by atoms with Gasteiger partial charge in [-0.25, -0.2) is 9.64 Å². The van der Waals surface area contributed by atoms with E-state index in [0.717, 1.165) is 12.0 Å². The van der Waals surface area contributed by atoms with Gasteiger partial charge < -0.3 is 5.11 Å². The summed E-state index contributed by atoms with van der Waals surface area (Å²) in [6.45, 7) is 13.1. The van der Waals surface area contributed by atoms with E-state index in [4.69, 9.17) is 6.57 Å². The molecule has 1 fully saturated rings. The molecule has 1 heterocycles. The molecule has 2 atom stereocenters. The first-order chi connectivity index (χ1) is 16.3. The Hall–Kier alpha value is -4.13. The molecule has 2 amide bonds. The van der Waals surface area contributed by atoms with Crippen LogP contribution in [0.4, 0.5) is 21.9 Å². The molecule has 0 aromatic heterocycles. The first kappa shape index (κ1) is 23.0. The lowest BCUT2D eigenvalue weighted by molar-refractivity contribution is -0.0140. The summed E-state index contributed by atoms with van der Waals surface area (Å²) in [4.78, 5) is 20.7. The molecule has 3 aromatic rings. The van der Waals surface area contributed by atoms with Gasteiger partial charge in [0.1, 0.15) is 0 Å². The zero-order valence-corrected chi connectivity index (χ0v) is 19.5. The second-order valence-corrected chi connectivity index (χ2v) is 8.81. The lowest BCUT2D eigenvalue weighted by atomic mass is 9.78. The maximum absolute atomic E-state index is 14.1. The van der Waals surface area contributed by atoms with Gasteiger partial charge >= 0.3 is 6.03 Å². The van der Waals surface area contributed by atoms with Gasteiger partial charge in [-0.3, -0.25) is 9.80 Å². The molecule has 1 N–H and O–H groups in total. The molecule has 0 saturated carbocycles. The third kappa shape index (κ3) is 3.41. The summed E-state index contributed by atoms with van der Waals surface area (Å²) in [5, 5.41) is 21.9. The van der Waals surface area contributed by atoms with E-state index in [9.17, 15) is 15.2 Å². The normalized spacial score (nSPS) is 21.9. The Labute approximate surface area is 200 Å². The van der Waals surface area contributed by atoms with Crippen molar-refractivity contribution in [2.45, 2.75) is 44.9 Å². The van der Waals surface area contributed by atoms with Crippen molar-refractivity contribution in [3.05, 3.63) is 101 Å². The molecule has 170 valence electrons. The number of rotatable bonds is 5. The summed E-state index contributed by atoms with van der Waals surface area (Å²) in [5.41, 5.74) is 0.910. The number of hydrogen-bond donors (Lipinski definition) is 1. The average Bonchev–Trinajstić information content (AvgIpc) is 3.02. The van der Waals surface area contributed by atoms with E-state index < -0.39 is 11.3 Å². The van der Waals surface area contributed by atoms with Crippen LogP contribution in [0.2, 0.25) is 0 Å². The maximum Gasteiger partial charge on any atom is 0.332 e. The number of benzene rings is 3. The summed E-state index contributed by atoms with van der Waals surface area (Å²) in [6, 6.07) is 22.8. The van der Waals surface area contributed by atoms with E-state index in [1.54, 1.807) is 53.4 Å². The largest absolute Gasteiger partial charge is 0.364 e. The number of nitriles is 1. The molecule has 1 saturated heterocycles. The molecule has 6 heteroatoms. The van der Waals surface area contributed by atoms with Crippen LogP contribution in [0, 0.1) is 24.8 Å². The summed E-state index contributed by atoms with van der Waals surface area (Å²) >= 11 is 0. The molecule has 1 aliphatic heterocycles. The summed E-state index contributed by atoms with van der Waals surface area (Å²) in [7, 11) is 0. The monoisotopic (exact) mass is 450 g/mol. The number of anilines is 2. The fourth-order valence-corrected chi connectivity index (χ4v) is 4.98. The number of aliphatic hydroxyl groups is 1. The Morgan fingerprint density at radius 2 is 1.65 bits per heavy atom. The third-order valence-corrected chi connectivity index (χ3v) is 6.60. The molecule has 1 unspecified atom stereocenters. The average molecular weight is 451 g/mol. The van der Waals surface area contributed by atoms with Crippen molar-refractivity contribution in [3.63, 3.8) is 0 Å². The lowest BCUT2D eigenvalue weighted by Gasteiger charge is -2.45. The molecule has 0 spiro atoms. The number of aryl methyl sites for hydroxylation is 1. The quantitative estimate of drug-likeness (QED) is 0.466. The van der Waals surface area contributed by atoms with Crippen LogP contribution in [0.3, 0.4) is 0 Å². The summed E-state index contributed by atoms with van der Waals surface area (Å²) < 4.78 is 0. The van der Waals surface area contributed by atoms with Crippen molar-refractivity contribution in [3.8, 4) is 6.07 Å². The molecule has 6 nitrogen and oxygen atoms in total. The number of carbonyl (C=O) groups excluding carboxylic acids is 1. The minimum atomic E-state index is -1.69. The third-order valence-electron chi connectivity index (χ3n) is 6.60. The van der Waals surface area contributed by atoms with Crippen molar-refractivity contribution < 1.29 is 9.90 Å². The van der Waals surface area contributed by atoms with Gasteiger partial charge in [-0.2, -0.15) is 5.26 Å². The van der Waals surface area contributed by atoms with Gasteiger partial charge in [-0.05, 0) is 56.7 Å². The van der Waals surface area contributed by atoms with Crippen LogP contribution in [0.25, 0.3) is 4.85 Å². The predicted octanol–water partition coefficient (Wildman–Crippen LogP) is 6.27. The van der Waals surface area contributed by atoms with E-state index in [-0.39, 0.29) is 6.03 Å². The molecular formula is C28H26N4O2. The van der Waals surface area contributed by atoms with Gasteiger partial charge in [-0.1, -0.05) is 55.3 Å². The number of hydrogen-bond acceptors (Lipinski definition) is 3. The fraction of sp³-hybridized carbons (Fsp3) is 0.250. The van der Waals surface area contributed by atoms with Gasteiger partial charge in [0, 0.05) is 16.9 Å². The van der Waals surface area contributed by atoms with Crippen LogP contribution in [0.1, 0.15) is 43.4 Å². The van der Waals surface area contributed by atoms with E-state index in [1.807, 2.05) is 45.0 Å². The second-order valence-electron chi connectivity index (χ2n) is 8.81. The molecule has 4 rings (SSSR count). The Bertz CT molecular complexity index is 1300. The standard InChI is InChI=1S/C28H26N4O2/c1-5-17-27(3)28(34,22-8-6-7-20(2)18-22)32(25-15-11-23(30-4)12-16-25)26(33)31(27)24-13-9-21(19-29)10-14-24/h6-16,18,34H,5,17H2,1-3H3/t27-,28?/m1/s1. The highest BCUT2D eigenvalue weighted by Crippen LogP contribution is 2.52. The van der Waals surface area contributed by atoms with Crippen LogP contribution >= 0.6 is 0 Å². The van der Waals surface area contributed by atoms with E-state index in [0.29, 0.717) is 34.6 Å². The smallest absolute Gasteiger partial charge is 0.332 e. The SMILES string of the molecule is [C-]#[N+]c1ccc(N2C(=O)N(c3ccc(C#N)cc3)[C@](C)(CCC)C2(O)c2cccc(C)c2)cc1. The number of nitrogens with zero attached hydrogens (tertiary/aromatic N) is 4. The van der Waals surface area contributed by atoms with Gasteiger partial charge in [0.2, 0.25) is 0 Å². The van der Waals surface area contributed by atoms with E-state index in [2.05, 4.69) is 10.9 Å². The van der Waals surface area contributed by atoms with Crippen LogP contribution in [0.15, 0.2) is 72.8 Å². The topological polar surface area (TPSA) is 71.9 Å².